The molecule has 0 saturated carbocycles. The van der Waals surface area contributed by atoms with Gasteiger partial charge in [0.05, 0.1) is 12.1 Å². The summed E-state index contributed by atoms with van der Waals surface area (Å²) in [4.78, 5) is 0. The lowest BCUT2D eigenvalue weighted by Gasteiger charge is -2.03. The van der Waals surface area contributed by atoms with E-state index in [0.717, 1.165) is 23.6 Å². The molecule has 0 heterocycles. The number of rotatable bonds is 3. The molecule has 0 bridgehead atoms. The topological polar surface area (TPSA) is 9.23 Å². The van der Waals surface area contributed by atoms with E-state index in [-0.39, 0.29) is 0 Å². The summed E-state index contributed by atoms with van der Waals surface area (Å²) in [5.74, 6) is 0.902. The number of methoxy groups -OCH3 is 1. The number of hydrogen-bond acceptors (Lipinski definition) is 1. The second-order valence-electron chi connectivity index (χ2n) is 1.74. The Hall–Kier alpha value is -0.170. The van der Waals surface area contributed by atoms with Crippen LogP contribution in [0.2, 0.25) is 0 Å². The van der Waals surface area contributed by atoms with Gasteiger partial charge in [0.2, 0.25) is 0 Å². The highest BCUT2D eigenvalue weighted by molar-refractivity contribution is 6.29. The molecule has 0 aromatic carbocycles. The second-order valence-corrected chi connectivity index (χ2v) is 2.20. The molecule has 0 amide bonds. The van der Waals surface area contributed by atoms with E-state index < -0.39 is 0 Å². The van der Waals surface area contributed by atoms with E-state index in [1.807, 2.05) is 13.8 Å². The minimum absolute atomic E-state index is 0.833. The SMILES string of the molecule is CC/C(Cl)=C(\CC)OC. The minimum atomic E-state index is 0.833. The van der Waals surface area contributed by atoms with Gasteiger partial charge in [0.25, 0.3) is 0 Å². The van der Waals surface area contributed by atoms with Crippen molar-refractivity contribution in [3.05, 3.63) is 10.8 Å². The van der Waals surface area contributed by atoms with Crippen LogP contribution in [0.3, 0.4) is 0 Å². The first-order valence-corrected chi connectivity index (χ1v) is 3.55. The quantitative estimate of drug-likeness (QED) is 0.560. The van der Waals surface area contributed by atoms with Crippen LogP contribution in [0.1, 0.15) is 26.7 Å². The lowest BCUT2D eigenvalue weighted by molar-refractivity contribution is 0.277. The Bertz CT molecular complexity index is 101. The maximum Gasteiger partial charge on any atom is 0.110 e. The molecule has 2 heteroatoms. The molecule has 0 aliphatic rings. The van der Waals surface area contributed by atoms with Crippen LogP contribution in [0.4, 0.5) is 0 Å². The fourth-order valence-electron chi connectivity index (χ4n) is 0.644. The predicted molar refractivity (Wildman–Crippen MR) is 40.5 cm³/mol. The van der Waals surface area contributed by atoms with E-state index in [1.54, 1.807) is 7.11 Å². The molecular formula is C7H13ClO. The monoisotopic (exact) mass is 148 g/mol. The van der Waals surface area contributed by atoms with Crippen molar-refractivity contribution in [2.24, 2.45) is 0 Å². The van der Waals surface area contributed by atoms with Crippen LogP contribution in [0.5, 0.6) is 0 Å². The van der Waals surface area contributed by atoms with Gasteiger partial charge in [-0.25, -0.2) is 0 Å². The van der Waals surface area contributed by atoms with Gasteiger partial charge >= 0.3 is 0 Å². The van der Waals surface area contributed by atoms with Gasteiger partial charge in [-0.2, -0.15) is 0 Å². The molecule has 0 radical (unpaired) electrons. The Kier molecular flexibility index (Phi) is 4.60. The van der Waals surface area contributed by atoms with Crippen LogP contribution in [0.15, 0.2) is 10.8 Å². The van der Waals surface area contributed by atoms with Crippen LogP contribution in [0, 0.1) is 0 Å². The zero-order chi connectivity index (χ0) is 7.28. The maximum absolute atomic E-state index is 5.79. The number of allylic oxidation sites excluding steroid dienone is 2. The van der Waals surface area contributed by atoms with E-state index in [4.69, 9.17) is 16.3 Å². The molecule has 54 valence electrons. The van der Waals surface area contributed by atoms with Crippen LogP contribution >= 0.6 is 11.6 Å². The molecule has 0 rings (SSSR count). The first-order chi connectivity index (χ1) is 4.26. The average Bonchev–Trinajstić information content (AvgIpc) is 1.90. The van der Waals surface area contributed by atoms with E-state index in [9.17, 15) is 0 Å². The predicted octanol–water partition coefficient (Wildman–Crippen LogP) is 2.90. The smallest absolute Gasteiger partial charge is 0.110 e. The van der Waals surface area contributed by atoms with Crippen LogP contribution < -0.4 is 0 Å². The van der Waals surface area contributed by atoms with Crippen molar-refractivity contribution in [2.45, 2.75) is 26.7 Å². The van der Waals surface area contributed by atoms with Gasteiger partial charge in [0, 0.05) is 6.42 Å². The minimum Gasteiger partial charge on any atom is -0.500 e. The highest BCUT2D eigenvalue weighted by atomic mass is 35.5. The molecule has 1 nitrogen and oxygen atoms in total. The molecule has 0 atom stereocenters. The third kappa shape index (κ3) is 2.75. The van der Waals surface area contributed by atoms with E-state index in [1.165, 1.54) is 0 Å². The average molecular weight is 149 g/mol. The van der Waals surface area contributed by atoms with Crippen molar-refractivity contribution in [3.8, 4) is 0 Å². The summed E-state index contributed by atoms with van der Waals surface area (Å²) in [5, 5.41) is 0.833. The van der Waals surface area contributed by atoms with Crippen molar-refractivity contribution in [1.29, 1.82) is 0 Å². The van der Waals surface area contributed by atoms with Crippen molar-refractivity contribution in [1.82, 2.24) is 0 Å². The number of hydrogen-bond donors (Lipinski definition) is 0. The third-order valence-electron chi connectivity index (χ3n) is 1.18. The molecule has 0 aromatic rings. The van der Waals surface area contributed by atoms with Crippen molar-refractivity contribution < 1.29 is 4.74 Å². The highest BCUT2D eigenvalue weighted by Crippen LogP contribution is 2.15. The second kappa shape index (κ2) is 4.68. The molecule has 0 aliphatic carbocycles. The van der Waals surface area contributed by atoms with Gasteiger partial charge in [-0.3, -0.25) is 0 Å². The summed E-state index contributed by atoms with van der Waals surface area (Å²) in [7, 11) is 1.65. The first kappa shape index (κ1) is 8.83. The summed E-state index contributed by atoms with van der Waals surface area (Å²) in [6.45, 7) is 4.04. The lowest BCUT2D eigenvalue weighted by atomic mass is 10.3. The van der Waals surface area contributed by atoms with Gasteiger partial charge in [0.15, 0.2) is 0 Å². The third-order valence-corrected chi connectivity index (χ3v) is 1.66. The lowest BCUT2D eigenvalue weighted by Crippen LogP contribution is -1.86. The highest BCUT2D eigenvalue weighted by Gasteiger charge is 1.97. The standard InChI is InChI=1S/C7H13ClO/c1-4-6(8)7(5-2)9-3/h4-5H2,1-3H3/b7-6-. The summed E-state index contributed by atoms with van der Waals surface area (Å²) in [5.41, 5.74) is 0. The van der Waals surface area contributed by atoms with Gasteiger partial charge in [-0.05, 0) is 6.42 Å². The zero-order valence-corrected chi connectivity index (χ0v) is 6.96. The largest absolute Gasteiger partial charge is 0.500 e. The molecule has 0 spiro atoms. The molecule has 9 heavy (non-hydrogen) atoms. The van der Waals surface area contributed by atoms with E-state index in [2.05, 4.69) is 0 Å². The van der Waals surface area contributed by atoms with E-state index >= 15 is 0 Å². The molecule has 0 unspecified atom stereocenters. The molecule has 0 N–H and O–H groups in total. The summed E-state index contributed by atoms with van der Waals surface area (Å²) >= 11 is 5.79. The van der Waals surface area contributed by atoms with Crippen LogP contribution in [-0.4, -0.2) is 7.11 Å². The summed E-state index contributed by atoms with van der Waals surface area (Å²) in [6, 6.07) is 0. The molecule has 0 saturated heterocycles. The van der Waals surface area contributed by atoms with Gasteiger partial charge < -0.3 is 4.74 Å². The van der Waals surface area contributed by atoms with E-state index in [0.29, 0.717) is 0 Å². The number of halogens is 1. The van der Waals surface area contributed by atoms with Crippen molar-refractivity contribution >= 4 is 11.6 Å². The normalized spacial score (nSPS) is 12.9. The summed E-state index contributed by atoms with van der Waals surface area (Å²) in [6.07, 6.45) is 1.74. The Balaban J connectivity index is 4.01. The van der Waals surface area contributed by atoms with Crippen molar-refractivity contribution in [3.63, 3.8) is 0 Å². The van der Waals surface area contributed by atoms with Gasteiger partial charge in [0.1, 0.15) is 5.76 Å². The van der Waals surface area contributed by atoms with Crippen molar-refractivity contribution in [2.75, 3.05) is 7.11 Å². The first-order valence-electron chi connectivity index (χ1n) is 3.17. The van der Waals surface area contributed by atoms with Crippen LogP contribution in [0.25, 0.3) is 0 Å². The van der Waals surface area contributed by atoms with Gasteiger partial charge in [-0.15, -0.1) is 0 Å². The Labute approximate surface area is 61.7 Å². The molecule has 0 aliphatic heterocycles. The number of ether oxygens (including phenoxy) is 1. The Morgan fingerprint density at radius 2 is 1.89 bits per heavy atom. The van der Waals surface area contributed by atoms with Gasteiger partial charge in [-0.1, -0.05) is 25.4 Å². The summed E-state index contributed by atoms with van der Waals surface area (Å²) < 4.78 is 5.00. The Morgan fingerprint density at radius 3 is 2.00 bits per heavy atom. The zero-order valence-electron chi connectivity index (χ0n) is 6.20. The Morgan fingerprint density at radius 1 is 1.33 bits per heavy atom. The molecular weight excluding hydrogens is 136 g/mol. The molecule has 0 aromatic heterocycles. The fraction of sp³-hybridized carbons (Fsp3) is 0.714. The van der Waals surface area contributed by atoms with Crippen LogP contribution in [-0.2, 0) is 4.74 Å². The maximum atomic E-state index is 5.79. The fourth-order valence-corrected chi connectivity index (χ4v) is 0.855. The molecule has 0 fully saturated rings.